The maximum Gasteiger partial charge on any atom is -0.0141 e. The lowest BCUT2D eigenvalue weighted by atomic mass is 10.1. The topological polar surface area (TPSA) is 0 Å². The first-order valence-electron chi connectivity index (χ1n) is 6.24. The molecule has 0 amide bonds. The molecular weight excluding hydrogens is 204 g/mol. The van der Waals surface area contributed by atoms with Crippen molar-refractivity contribution in [3.63, 3.8) is 0 Å². The van der Waals surface area contributed by atoms with Crippen LogP contribution in [0.5, 0.6) is 0 Å². The van der Waals surface area contributed by atoms with Crippen LogP contribution >= 0.6 is 0 Å². The molecule has 0 saturated heterocycles. The minimum atomic E-state index is 0.957. The number of allylic oxidation sites excluding steroid dienone is 4. The largest absolute Gasteiger partial charge is 0.103 e. The van der Waals surface area contributed by atoms with E-state index in [0.29, 0.717) is 0 Å². The van der Waals surface area contributed by atoms with Crippen LogP contribution in [-0.2, 0) is 0 Å². The fourth-order valence-corrected chi connectivity index (χ4v) is 1.30. The standard InChI is InChI=1S/C15H18.C2H6/c1-4-6-13(2)7-5-8-15-11-9-14(3)10-12-15;1-2/h4-5,7-12H,1,6H2,2-3H3;1-2H3/b8-5+,13-7-;. The zero-order chi connectivity index (χ0) is 13.1. The van der Waals surface area contributed by atoms with Crippen molar-refractivity contribution >= 4 is 6.08 Å². The Morgan fingerprint density at radius 2 is 1.76 bits per heavy atom. The molecule has 17 heavy (non-hydrogen) atoms. The lowest BCUT2D eigenvalue weighted by molar-refractivity contribution is 1.22. The molecule has 0 radical (unpaired) electrons. The Morgan fingerprint density at radius 3 is 2.29 bits per heavy atom. The van der Waals surface area contributed by atoms with E-state index in [-0.39, 0.29) is 0 Å². The summed E-state index contributed by atoms with van der Waals surface area (Å²) in [5.41, 5.74) is 3.86. The summed E-state index contributed by atoms with van der Waals surface area (Å²) in [5.74, 6) is 0. The van der Waals surface area contributed by atoms with E-state index in [9.17, 15) is 0 Å². The van der Waals surface area contributed by atoms with E-state index < -0.39 is 0 Å². The summed E-state index contributed by atoms with van der Waals surface area (Å²) in [5, 5.41) is 0. The highest BCUT2D eigenvalue weighted by atomic mass is 13.9. The zero-order valence-corrected chi connectivity index (χ0v) is 11.5. The molecular formula is C17H24. The van der Waals surface area contributed by atoms with Crippen LogP contribution in [0.1, 0.15) is 38.3 Å². The van der Waals surface area contributed by atoms with Gasteiger partial charge in [-0.15, -0.1) is 6.58 Å². The van der Waals surface area contributed by atoms with Gasteiger partial charge in [-0.25, -0.2) is 0 Å². The molecule has 1 aromatic carbocycles. The smallest absolute Gasteiger partial charge is 0.0141 e. The third-order valence-electron chi connectivity index (χ3n) is 2.21. The Bertz CT molecular complexity index is 364. The van der Waals surface area contributed by atoms with Crippen LogP contribution in [0.15, 0.2) is 54.6 Å². The molecule has 92 valence electrons. The second kappa shape index (κ2) is 9.65. The van der Waals surface area contributed by atoms with Crippen molar-refractivity contribution in [1.29, 1.82) is 0 Å². The highest BCUT2D eigenvalue weighted by Gasteiger charge is 1.85. The third-order valence-corrected chi connectivity index (χ3v) is 2.21. The molecule has 1 rings (SSSR count). The molecule has 0 aliphatic heterocycles. The first kappa shape index (κ1) is 15.4. The van der Waals surface area contributed by atoms with E-state index in [1.165, 1.54) is 16.7 Å². The molecule has 0 aliphatic carbocycles. The Morgan fingerprint density at radius 1 is 1.18 bits per heavy atom. The molecule has 0 nitrogen and oxygen atoms in total. The Kier molecular flexibility index (Phi) is 8.77. The number of benzene rings is 1. The molecule has 0 fully saturated rings. The quantitative estimate of drug-likeness (QED) is 0.467. The van der Waals surface area contributed by atoms with E-state index in [1.807, 2.05) is 19.9 Å². The lowest BCUT2D eigenvalue weighted by Gasteiger charge is -1.94. The van der Waals surface area contributed by atoms with Crippen LogP contribution in [0.3, 0.4) is 0 Å². The molecule has 1 aromatic rings. The molecule has 0 aromatic heterocycles. The van der Waals surface area contributed by atoms with Crippen LogP contribution in [-0.4, -0.2) is 0 Å². The summed E-state index contributed by atoms with van der Waals surface area (Å²) >= 11 is 0. The van der Waals surface area contributed by atoms with Crippen molar-refractivity contribution in [2.45, 2.75) is 34.1 Å². The molecule has 0 spiro atoms. The van der Waals surface area contributed by atoms with Crippen molar-refractivity contribution in [3.8, 4) is 0 Å². The molecule has 0 bridgehead atoms. The van der Waals surface area contributed by atoms with Crippen LogP contribution in [0.4, 0.5) is 0 Å². The van der Waals surface area contributed by atoms with Crippen molar-refractivity contribution in [1.82, 2.24) is 0 Å². The minimum absolute atomic E-state index is 0.957. The summed E-state index contributed by atoms with van der Waals surface area (Å²) in [4.78, 5) is 0. The number of aryl methyl sites for hydroxylation is 1. The van der Waals surface area contributed by atoms with Crippen molar-refractivity contribution in [2.75, 3.05) is 0 Å². The van der Waals surface area contributed by atoms with Crippen LogP contribution < -0.4 is 0 Å². The van der Waals surface area contributed by atoms with Gasteiger partial charge < -0.3 is 0 Å². The van der Waals surface area contributed by atoms with Gasteiger partial charge in [-0.05, 0) is 25.8 Å². The number of hydrogen-bond acceptors (Lipinski definition) is 0. The van der Waals surface area contributed by atoms with Gasteiger partial charge in [0.1, 0.15) is 0 Å². The SMILES string of the molecule is C=CC/C(C)=C\C=C\c1ccc(C)cc1.CC. The maximum atomic E-state index is 3.71. The predicted octanol–water partition coefficient (Wildman–Crippen LogP) is 5.56. The van der Waals surface area contributed by atoms with E-state index in [4.69, 9.17) is 0 Å². The monoisotopic (exact) mass is 228 g/mol. The first-order chi connectivity index (χ1) is 8.22. The van der Waals surface area contributed by atoms with E-state index in [2.05, 4.69) is 62.9 Å². The molecule has 0 heterocycles. The molecule has 0 N–H and O–H groups in total. The van der Waals surface area contributed by atoms with Gasteiger partial charge in [0.2, 0.25) is 0 Å². The van der Waals surface area contributed by atoms with Gasteiger partial charge in [0, 0.05) is 0 Å². The van der Waals surface area contributed by atoms with Gasteiger partial charge in [0.25, 0.3) is 0 Å². The molecule has 0 saturated carbocycles. The Hall–Kier alpha value is -1.56. The van der Waals surface area contributed by atoms with E-state index in [1.54, 1.807) is 0 Å². The van der Waals surface area contributed by atoms with Gasteiger partial charge in [-0.3, -0.25) is 0 Å². The Labute approximate surface area is 106 Å². The lowest BCUT2D eigenvalue weighted by Crippen LogP contribution is -1.73. The van der Waals surface area contributed by atoms with Crippen LogP contribution in [0, 0.1) is 6.92 Å². The minimum Gasteiger partial charge on any atom is -0.103 e. The molecule has 0 unspecified atom stereocenters. The third kappa shape index (κ3) is 7.35. The summed E-state index contributed by atoms with van der Waals surface area (Å²) in [6.07, 6.45) is 9.21. The van der Waals surface area contributed by atoms with Crippen molar-refractivity contribution in [2.24, 2.45) is 0 Å². The molecule has 0 heteroatoms. The van der Waals surface area contributed by atoms with Gasteiger partial charge in [-0.1, -0.05) is 73.6 Å². The van der Waals surface area contributed by atoms with Gasteiger partial charge in [-0.2, -0.15) is 0 Å². The number of hydrogen-bond donors (Lipinski definition) is 0. The summed E-state index contributed by atoms with van der Waals surface area (Å²) in [7, 11) is 0. The Balaban J connectivity index is 0.00000121. The second-order valence-electron chi connectivity index (χ2n) is 3.78. The predicted molar refractivity (Wildman–Crippen MR) is 80.1 cm³/mol. The average molecular weight is 228 g/mol. The van der Waals surface area contributed by atoms with E-state index >= 15 is 0 Å². The molecule has 0 aliphatic rings. The summed E-state index contributed by atoms with van der Waals surface area (Å²) in [6.45, 7) is 11.9. The van der Waals surface area contributed by atoms with Gasteiger partial charge >= 0.3 is 0 Å². The van der Waals surface area contributed by atoms with E-state index in [0.717, 1.165) is 6.42 Å². The fourth-order valence-electron chi connectivity index (χ4n) is 1.30. The maximum absolute atomic E-state index is 3.71. The number of rotatable bonds is 4. The highest BCUT2D eigenvalue weighted by molar-refractivity contribution is 5.51. The average Bonchev–Trinajstić information content (AvgIpc) is 2.35. The summed E-state index contributed by atoms with van der Waals surface area (Å²) < 4.78 is 0. The summed E-state index contributed by atoms with van der Waals surface area (Å²) in [6, 6.07) is 8.50. The fraction of sp³-hybridized carbons (Fsp3) is 0.294. The van der Waals surface area contributed by atoms with Crippen LogP contribution in [0.2, 0.25) is 0 Å². The van der Waals surface area contributed by atoms with Gasteiger partial charge in [0.15, 0.2) is 0 Å². The molecule has 0 atom stereocenters. The van der Waals surface area contributed by atoms with Gasteiger partial charge in [0.05, 0.1) is 0 Å². The zero-order valence-electron chi connectivity index (χ0n) is 11.5. The second-order valence-corrected chi connectivity index (χ2v) is 3.78. The van der Waals surface area contributed by atoms with Crippen molar-refractivity contribution in [3.05, 3.63) is 65.8 Å². The van der Waals surface area contributed by atoms with Crippen molar-refractivity contribution < 1.29 is 0 Å². The first-order valence-corrected chi connectivity index (χ1v) is 6.24. The normalized spacial score (nSPS) is 10.9. The van der Waals surface area contributed by atoms with Crippen LogP contribution in [0.25, 0.3) is 6.08 Å². The highest BCUT2D eigenvalue weighted by Crippen LogP contribution is 2.06.